The summed E-state index contributed by atoms with van der Waals surface area (Å²) in [4.78, 5) is 14.6. The maximum atomic E-state index is 5.24. The van der Waals surface area contributed by atoms with Gasteiger partial charge in [0.25, 0.3) is 0 Å². The predicted octanol–water partition coefficient (Wildman–Crippen LogP) is 11.8. The van der Waals surface area contributed by atoms with Gasteiger partial charge >= 0.3 is 0 Å². The number of benzene rings is 7. The number of hydrogen-bond donors (Lipinski definition) is 0. The molecule has 0 saturated carbocycles. The molecule has 0 unspecified atom stereocenters. The number of rotatable bonds is 3. The third-order valence-electron chi connectivity index (χ3n) is 9.67. The fourth-order valence-electron chi connectivity index (χ4n) is 7.40. The van der Waals surface area contributed by atoms with E-state index in [-0.39, 0.29) is 0 Å². The van der Waals surface area contributed by atoms with Gasteiger partial charge in [0.05, 0.1) is 22.2 Å². The molecule has 0 fully saturated rings. The molecule has 0 aliphatic heterocycles. The van der Waals surface area contributed by atoms with Gasteiger partial charge in [-0.3, -0.25) is 9.97 Å². The summed E-state index contributed by atoms with van der Waals surface area (Å²) in [5, 5.41) is 10.7. The Morgan fingerprint density at radius 3 is 1.94 bits per heavy atom. The Kier molecular flexibility index (Phi) is 5.87. The van der Waals surface area contributed by atoms with E-state index in [1.165, 1.54) is 60.0 Å². The lowest BCUT2D eigenvalue weighted by molar-refractivity contribution is 1.37. The van der Waals surface area contributed by atoms with Crippen molar-refractivity contribution in [3.8, 4) is 33.5 Å². The topological polar surface area (TPSA) is 38.7 Å². The van der Waals surface area contributed by atoms with Crippen molar-refractivity contribution >= 4 is 65.0 Å². The fourth-order valence-corrected chi connectivity index (χ4v) is 7.40. The SMILES string of the molecule is c1cc(-c2ccc3cc(-c4cc5cccnc5c5ncccc45)ccc3c2)cc(-c2nc3ccccc3c3c2ccc2ccccc23)c1. The molecule has 3 heterocycles. The van der Waals surface area contributed by atoms with Crippen LogP contribution in [-0.2, 0) is 0 Å². The second kappa shape index (κ2) is 10.5. The van der Waals surface area contributed by atoms with Crippen LogP contribution in [0, 0.1) is 0 Å². The zero-order valence-corrected chi connectivity index (χ0v) is 25.9. The second-order valence-electron chi connectivity index (χ2n) is 12.4. The minimum atomic E-state index is 0.933. The van der Waals surface area contributed by atoms with Crippen molar-refractivity contribution in [2.45, 2.75) is 0 Å². The molecule has 7 aromatic carbocycles. The summed E-state index contributed by atoms with van der Waals surface area (Å²) >= 11 is 0. The van der Waals surface area contributed by atoms with Gasteiger partial charge in [0.2, 0.25) is 0 Å². The fraction of sp³-hybridized carbons (Fsp3) is 0. The first kappa shape index (κ1) is 26.7. The normalized spacial score (nSPS) is 11.8. The van der Waals surface area contributed by atoms with E-state index < -0.39 is 0 Å². The summed E-state index contributed by atoms with van der Waals surface area (Å²) in [6, 6.07) is 54.4. The zero-order chi connectivity index (χ0) is 31.6. The Labute approximate surface area is 276 Å². The Balaban J connectivity index is 1.09. The Morgan fingerprint density at radius 1 is 0.354 bits per heavy atom. The lowest BCUT2D eigenvalue weighted by atomic mass is 9.93. The van der Waals surface area contributed by atoms with Gasteiger partial charge in [0.15, 0.2) is 0 Å². The molecule has 0 bridgehead atoms. The molecule has 0 spiro atoms. The molecule has 0 aliphatic rings. The quantitative estimate of drug-likeness (QED) is 0.187. The van der Waals surface area contributed by atoms with Crippen molar-refractivity contribution in [1.82, 2.24) is 15.0 Å². The standard InChI is InChI=1S/C45H27N3/c1-2-12-36-28(8-1)20-21-39-42(36)38-13-3-4-15-41(38)48-43(39)34-10-5-9-29(26-34)30-16-17-32-25-33(19-18-31(32)24-30)40-27-35-11-6-22-46-44(35)45-37(40)14-7-23-47-45/h1-27H. The maximum absolute atomic E-state index is 5.24. The minimum Gasteiger partial charge on any atom is -0.254 e. The van der Waals surface area contributed by atoms with E-state index in [1.54, 1.807) is 0 Å². The molecule has 0 amide bonds. The van der Waals surface area contributed by atoms with Crippen LogP contribution < -0.4 is 0 Å². The largest absolute Gasteiger partial charge is 0.254 e. The van der Waals surface area contributed by atoms with Crippen LogP contribution in [0.15, 0.2) is 164 Å². The van der Waals surface area contributed by atoms with Crippen molar-refractivity contribution < 1.29 is 0 Å². The van der Waals surface area contributed by atoms with E-state index in [4.69, 9.17) is 9.97 Å². The molecule has 3 aromatic heterocycles. The van der Waals surface area contributed by atoms with Gasteiger partial charge in [-0.1, -0.05) is 109 Å². The second-order valence-corrected chi connectivity index (χ2v) is 12.4. The molecule has 0 atom stereocenters. The van der Waals surface area contributed by atoms with Crippen molar-refractivity contribution in [2.75, 3.05) is 0 Å². The summed E-state index contributed by atoms with van der Waals surface area (Å²) in [6.07, 6.45) is 3.68. The number of para-hydroxylation sites is 1. The van der Waals surface area contributed by atoms with Gasteiger partial charge < -0.3 is 0 Å². The van der Waals surface area contributed by atoms with Crippen LogP contribution in [0.4, 0.5) is 0 Å². The molecule has 0 saturated heterocycles. The molecule has 48 heavy (non-hydrogen) atoms. The van der Waals surface area contributed by atoms with Crippen LogP contribution in [-0.4, -0.2) is 15.0 Å². The molecule has 10 aromatic rings. The number of pyridine rings is 3. The molecule has 0 radical (unpaired) electrons. The van der Waals surface area contributed by atoms with Crippen molar-refractivity contribution in [3.63, 3.8) is 0 Å². The average molecular weight is 610 g/mol. The van der Waals surface area contributed by atoms with E-state index in [2.05, 4.69) is 145 Å². The van der Waals surface area contributed by atoms with Gasteiger partial charge in [0.1, 0.15) is 0 Å². The first-order valence-corrected chi connectivity index (χ1v) is 16.3. The monoisotopic (exact) mass is 609 g/mol. The first-order valence-electron chi connectivity index (χ1n) is 16.3. The molecule has 0 N–H and O–H groups in total. The van der Waals surface area contributed by atoms with Crippen LogP contribution in [0.1, 0.15) is 0 Å². The highest BCUT2D eigenvalue weighted by atomic mass is 14.7. The third-order valence-corrected chi connectivity index (χ3v) is 9.67. The smallest absolute Gasteiger partial charge is 0.0970 e. The van der Waals surface area contributed by atoms with Crippen LogP contribution in [0.2, 0.25) is 0 Å². The number of hydrogen-bond acceptors (Lipinski definition) is 3. The Morgan fingerprint density at radius 2 is 1.02 bits per heavy atom. The highest BCUT2D eigenvalue weighted by molar-refractivity contribution is 6.22. The summed E-state index contributed by atoms with van der Waals surface area (Å²) < 4.78 is 0. The summed E-state index contributed by atoms with van der Waals surface area (Å²) in [5.41, 5.74) is 9.68. The van der Waals surface area contributed by atoms with Crippen LogP contribution >= 0.6 is 0 Å². The Hall–Kier alpha value is -6.45. The maximum Gasteiger partial charge on any atom is 0.0970 e. The van der Waals surface area contributed by atoms with Crippen molar-refractivity contribution in [3.05, 3.63) is 164 Å². The molecule has 222 valence electrons. The number of aromatic nitrogens is 3. The average Bonchev–Trinajstić information content (AvgIpc) is 3.16. The van der Waals surface area contributed by atoms with Gasteiger partial charge in [-0.2, -0.15) is 0 Å². The van der Waals surface area contributed by atoms with Gasteiger partial charge in [0, 0.05) is 44.9 Å². The molecular formula is C45H27N3. The summed E-state index contributed by atoms with van der Waals surface area (Å²) in [5.74, 6) is 0. The highest BCUT2D eigenvalue weighted by Crippen LogP contribution is 2.39. The van der Waals surface area contributed by atoms with Crippen LogP contribution in [0.25, 0.3) is 98.5 Å². The summed E-state index contributed by atoms with van der Waals surface area (Å²) in [7, 11) is 0. The lowest BCUT2D eigenvalue weighted by Gasteiger charge is -2.14. The number of fused-ring (bicyclic) bond motifs is 9. The van der Waals surface area contributed by atoms with Gasteiger partial charge in [-0.15, -0.1) is 0 Å². The van der Waals surface area contributed by atoms with E-state index in [9.17, 15) is 0 Å². The van der Waals surface area contributed by atoms with Crippen molar-refractivity contribution in [2.24, 2.45) is 0 Å². The van der Waals surface area contributed by atoms with E-state index in [1.807, 2.05) is 24.5 Å². The number of nitrogens with zero attached hydrogens (tertiary/aromatic N) is 3. The van der Waals surface area contributed by atoms with E-state index in [0.29, 0.717) is 0 Å². The first-order chi connectivity index (χ1) is 23.8. The predicted molar refractivity (Wildman–Crippen MR) is 201 cm³/mol. The highest BCUT2D eigenvalue weighted by Gasteiger charge is 2.15. The van der Waals surface area contributed by atoms with Gasteiger partial charge in [-0.25, -0.2) is 4.98 Å². The van der Waals surface area contributed by atoms with Gasteiger partial charge in [-0.05, 0) is 86.3 Å². The zero-order valence-electron chi connectivity index (χ0n) is 25.9. The molecule has 3 heteroatoms. The minimum absolute atomic E-state index is 0.933. The van der Waals surface area contributed by atoms with Crippen LogP contribution in [0.5, 0.6) is 0 Å². The van der Waals surface area contributed by atoms with E-state index in [0.717, 1.165) is 38.6 Å². The molecule has 10 rings (SSSR count). The lowest BCUT2D eigenvalue weighted by Crippen LogP contribution is -1.91. The van der Waals surface area contributed by atoms with E-state index >= 15 is 0 Å². The van der Waals surface area contributed by atoms with Crippen molar-refractivity contribution in [1.29, 1.82) is 0 Å². The van der Waals surface area contributed by atoms with Crippen LogP contribution in [0.3, 0.4) is 0 Å². The Bertz CT molecular complexity index is 2890. The molecule has 3 nitrogen and oxygen atoms in total. The molecular weight excluding hydrogens is 583 g/mol. The summed E-state index contributed by atoms with van der Waals surface area (Å²) in [6.45, 7) is 0. The molecule has 0 aliphatic carbocycles. The third kappa shape index (κ3) is 4.18.